The normalized spacial score (nSPS) is 15.2. The van der Waals surface area contributed by atoms with Crippen LogP contribution in [0, 0.1) is 0 Å². The molecule has 29 heavy (non-hydrogen) atoms. The summed E-state index contributed by atoms with van der Waals surface area (Å²) < 4.78 is 4.32. The van der Waals surface area contributed by atoms with Crippen LogP contribution in [0.2, 0.25) is 10.0 Å². The fourth-order valence-corrected chi connectivity index (χ4v) is 4.00. The lowest BCUT2D eigenvalue weighted by atomic mass is 10.1. The van der Waals surface area contributed by atoms with Gasteiger partial charge in [-0.05, 0) is 43.6 Å². The summed E-state index contributed by atoms with van der Waals surface area (Å²) in [7, 11) is 3.41. The Hall–Kier alpha value is -2.29. The van der Waals surface area contributed by atoms with Gasteiger partial charge >= 0.3 is 5.69 Å². The largest absolute Gasteiger partial charge is 0.353 e. The summed E-state index contributed by atoms with van der Waals surface area (Å²) in [4.78, 5) is 30.6. The molecule has 3 aromatic rings. The number of halogens is 2. The van der Waals surface area contributed by atoms with Gasteiger partial charge in [-0.2, -0.15) is 4.98 Å². The second-order valence-electron chi connectivity index (χ2n) is 7.32. The van der Waals surface area contributed by atoms with Gasteiger partial charge in [0.25, 0.3) is 5.56 Å². The molecule has 2 aromatic heterocycles. The maximum Gasteiger partial charge on any atom is 0.332 e. The van der Waals surface area contributed by atoms with Crippen molar-refractivity contribution in [1.82, 2.24) is 24.0 Å². The van der Waals surface area contributed by atoms with Gasteiger partial charge in [0.1, 0.15) is 0 Å². The first kappa shape index (κ1) is 20.0. The van der Waals surface area contributed by atoms with Gasteiger partial charge in [-0.1, -0.05) is 29.3 Å². The van der Waals surface area contributed by atoms with Crippen molar-refractivity contribution < 1.29 is 0 Å². The Balaban J connectivity index is 1.78. The van der Waals surface area contributed by atoms with Crippen molar-refractivity contribution in [2.24, 2.45) is 14.1 Å². The molecule has 0 spiro atoms. The number of nitrogens with one attached hydrogen (secondary N) is 2. The molecule has 2 N–H and O–H groups in total. The third-order valence-electron chi connectivity index (χ3n) is 5.36. The average Bonchev–Trinajstić information content (AvgIpc) is 3.03. The van der Waals surface area contributed by atoms with Crippen molar-refractivity contribution >= 4 is 40.3 Å². The van der Waals surface area contributed by atoms with Gasteiger partial charge in [-0.25, -0.2) is 4.79 Å². The van der Waals surface area contributed by atoms with E-state index in [2.05, 4.69) is 15.6 Å². The summed E-state index contributed by atoms with van der Waals surface area (Å²) in [5, 5.41) is 7.53. The summed E-state index contributed by atoms with van der Waals surface area (Å²) in [5.74, 6) is 0.589. The summed E-state index contributed by atoms with van der Waals surface area (Å²) in [6.07, 6.45) is 1.95. The number of aromatic nitrogens is 4. The number of rotatable bonds is 4. The van der Waals surface area contributed by atoms with E-state index in [0.717, 1.165) is 25.9 Å². The number of fused-ring (bicyclic) bond motifs is 1. The average molecular weight is 437 g/mol. The smallest absolute Gasteiger partial charge is 0.332 e. The van der Waals surface area contributed by atoms with E-state index in [1.54, 1.807) is 36.9 Å². The van der Waals surface area contributed by atoms with Crippen molar-refractivity contribution in [1.29, 1.82) is 0 Å². The molecular weight excluding hydrogens is 415 g/mol. The van der Waals surface area contributed by atoms with Crippen LogP contribution in [-0.4, -0.2) is 37.8 Å². The summed E-state index contributed by atoms with van der Waals surface area (Å²) in [5.41, 5.74) is 0.642. The molecule has 1 aliphatic rings. The third-order valence-corrected chi connectivity index (χ3v) is 6.10. The van der Waals surface area contributed by atoms with Crippen LogP contribution in [0.3, 0.4) is 0 Å². The van der Waals surface area contributed by atoms with Crippen LogP contribution >= 0.6 is 23.2 Å². The third kappa shape index (κ3) is 3.68. The van der Waals surface area contributed by atoms with Gasteiger partial charge in [0, 0.05) is 20.1 Å². The van der Waals surface area contributed by atoms with Crippen molar-refractivity contribution in [2.45, 2.75) is 25.4 Å². The molecule has 0 aliphatic carbocycles. The maximum absolute atomic E-state index is 13.2. The maximum atomic E-state index is 13.2. The Bertz CT molecular complexity index is 1190. The molecule has 4 rings (SSSR count). The fraction of sp³-hybridized carbons (Fsp3) is 0.421. The molecule has 8 nitrogen and oxygen atoms in total. The molecule has 10 heteroatoms. The van der Waals surface area contributed by atoms with E-state index in [0.29, 0.717) is 32.7 Å². The summed E-state index contributed by atoms with van der Waals surface area (Å²) >= 11 is 12.0. The van der Waals surface area contributed by atoms with E-state index >= 15 is 0 Å². The second-order valence-corrected chi connectivity index (χ2v) is 8.13. The standard InChI is InChI=1S/C19H22Cl2N6O2/c1-25-15-16(24-18(25)23-12-5-7-22-8-6-12)26(2)19(29)27(17(15)28)10-11-3-4-13(20)14(21)9-11/h3-4,9,12,22H,5-8,10H2,1-2H3,(H,23,24). The molecule has 3 heterocycles. The van der Waals surface area contributed by atoms with Crippen molar-refractivity contribution in [2.75, 3.05) is 18.4 Å². The molecule has 1 aliphatic heterocycles. The number of hydrogen-bond donors (Lipinski definition) is 2. The molecule has 0 atom stereocenters. The van der Waals surface area contributed by atoms with Crippen molar-refractivity contribution in [3.63, 3.8) is 0 Å². The number of aryl methyl sites for hydroxylation is 2. The van der Waals surface area contributed by atoms with Gasteiger partial charge in [0.2, 0.25) is 5.95 Å². The molecule has 0 saturated carbocycles. The number of hydrogen-bond acceptors (Lipinski definition) is 5. The van der Waals surface area contributed by atoms with E-state index < -0.39 is 5.69 Å². The SMILES string of the molecule is Cn1c(NC2CCNCC2)nc2c1c(=O)n(Cc1ccc(Cl)c(Cl)c1)c(=O)n2C. The van der Waals surface area contributed by atoms with Crippen molar-refractivity contribution in [3.8, 4) is 0 Å². The second kappa shape index (κ2) is 7.85. The van der Waals surface area contributed by atoms with Crippen LogP contribution in [0.5, 0.6) is 0 Å². The topological polar surface area (TPSA) is 85.9 Å². The molecule has 0 unspecified atom stereocenters. The number of anilines is 1. The molecule has 0 bridgehead atoms. The lowest BCUT2D eigenvalue weighted by Crippen LogP contribution is -2.39. The lowest BCUT2D eigenvalue weighted by Gasteiger charge is -2.23. The van der Waals surface area contributed by atoms with E-state index in [-0.39, 0.29) is 18.1 Å². The highest BCUT2D eigenvalue weighted by molar-refractivity contribution is 6.42. The molecule has 0 amide bonds. The molecule has 0 radical (unpaired) electrons. The highest BCUT2D eigenvalue weighted by Gasteiger charge is 2.21. The van der Waals surface area contributed by atoms with Crippen LogP contribution in [-0.2, 0) is 20.6 Å². The Morgan fingerprint density at radius 3 is 2.55 bits per heavy atom. The minimum atomic E-state index is -0.430. The summed E-state index contributed by atoms with van der Waals surface area (Å²) in [6, 6.07) is 5.34. The van der Waals surface area contributed by atoms with Crippen LogP contribution in [0.15, 0.2) is 27.8 Å². The highest BCUT2D eigenvalue weighted by Crippen LogP contribution is 2.23. The number of imidazole rings is 1. The Kier molecular flexibility index (Phi) is 5.42. The first-order valence-corrected chi connectivity index (χ1v) is 10.2. The molecule has 154 valence electrons. The lowest BCUT2D eigenvalue weighted by molar-refractivity contribution is 0.476. The zero-order chi connectivity index (χ0) is 20.7. The molecule has 1 aromatic carbocycles. The summed E-state index contributed by atoms with van der Waals surface area (Å²) in [6.45, 7) is 1.98. The Morgan fingerprint density at radius 2 is 1.86 bits per heavy atom. The van der Waals surface area contributed by atoms with Crippen LogP contribution in [0.1, 0.15) is 18.4 Å². The molecule has 1 fully saturated rings. The van der Waals surface area contributed by atoms with Gasteiger partial charge in [0.05, 0.1) is 16.6 Å². The van der Waals surface area contributed by atoms with Gasteiger partial charge in [0.15, 0.2) is 11.2 Å². The van der Waals surface area contributed by atoms with E-state index in [9.17, 15) is 9.59 Å². The van der Waals surface area contributed by atoms with Crippen LogP contribution < -0.4 is 21.9 Å². The number of nitrogens with zero attached hydrogens (tertiary/aromatic N) is 4. The fourth-order valence-electron chi connectivity index (χ4n) is 3.68. The zero-order valence-electron chi connectivity index (χ0n) is 16.2. The Morgan fingerprint density at radius 1 is 1.14 bits per heavy atom. The van der Waals surface area contributed by atoms with Gasteiger partial charge < -0.3 is 15.2 Å². The Labute approximate surface area is 177 Å². The van der Waals surface area contributed by atoms with Gasteiger partial charge in [-0.15, -0.1) is 0 Å². The zero-order valence-corrected chi connectivity index (χ0v) is 17.7. The first-order chi connectivity index (χ1) is 13.9. The van der Waals surface area contributed by atoms with E-state index in [1.165, 1.54) is 9.13 Å². The first-order valence-electron chi connectivity index (χ1n) is 9.44. The monoisotopic (exact) mass is 436 g/mol. The van der Waals surface area contributed by atoms with E-state index in [4.69, 9.17) is 23.2 Å². The number of benzene rings is 1. The minimum absolute atomic E-state index is 0.0978. The molecule has 1 saturated heterocycles. The predicted octanol–water partition coefficient (Wildman–Crippen LogP) is 1.95. The predicted molar refractivity (Wildman–Crippen MR) is 115 cm³/mol. The quantitative estimate of drug-likeness (QED) is 0.652. The molecular formula is C19H22Cl2N6O2. The number of piperidine rings is 1. The van der Waals surface area contributed by atoms with Crippen molar-refractivity contribution in [3.05, 3.63) is 54.6 Å². The van der Waals surface area contributed by atoms with E-state index in [1.807, 2.05) is 0 Å². The highest BCUT2D eigenvalue weighted by atomic mass is 35.5. The van der Waals surface area contributed by atoms with Crippen LogP contribution in [0.4, 0.5) is 5.95 Å². The van der Waals surface area contributed by atoms with Crippen LogP contribution in [0.25, 0.3) is 11.2 Å². The minimum Gasteiger partial charge on any atom is -0.353 e. The van der Waals surface area contributed by atoms with Gasteiger partial charge in [-0.3, -0.25) is 13.9 Å².